The average Bonchev–Trinajstić information content (AvgIpc) is 2.78. The van der Waals surface area contributed by atoms with Crippen molar-refractivity contribution in [3.63, 3.8) is 0 Å². The number of nitro groups is 1. The van der Waals surface area contributed by atoms with Crippen molar-refractivity contribution in [1.82, 2.24) is 14.7 Å². The van der Waals surface area contributed by atoms with Crippen molar-refractivity contribution in [2.24, 2.45) is 7.05 Å². The molecule has 1 aromatic carbocycles. The van der Waals surface area contributed by atoms with Gasteiger partial charge >= 0.3 is 0 Å². The predicted octanol–water partition coefficient (Wildman–Crippen LogP) is 2.25. The van der Waals surface area contributed by atoms with Crippen molar-refractivity contribution in [1.29, 1.82) is 0 Å². The highest BCUT2D eigenvalue weighted by atomic mass is 35.5. The van der Waals surface area contributed by atoms with Gasteiger partial charge in [-0.05, 0) is 12.1 Å². The van der Waals surface area contributed by atoms with Crippen molar-refractivity contribution >= 4 is 23.2 Å². The second-order valence-corrected chi connectivity index (χ2v) is 4.94. The fourth-order valence-electron chi connectivity index (χ4n) is 1.86. The number of amides is 1. The molecule has 0 bridgehead atoms. The molecule has 21 heavy (non-hydrogen) atoms. The Bertz CT molecular complexity index is 662. The molecule has 0 aliphatic carbocycles. The molecule has 1 aromatic heterocycles. The van der Waals surface area contributed by atoms with Crippen molar-refractivity contribution in [3.05, 3.63) is 56.9 Å². The SMILES string of the molecule is CN(Cc1c(Cl)cnn1C)C(=O)c1ccc([N+](=O)[O-])cc1. The number of hydrogen-bond acceptors (Lipinski definition) is 4. The summed E-state index contributed by atoms with van der Waals surface area (Å²) in [5.41, 5.74) is 1.04. The lowest BCUT2D eigenvalue weighted by Crippen LogP contribution is -2.27. The van der Waals surface area contributed by atoms with E-state index in [1.54, 1.807) is 18.8 Å². The van der Waals surface area contributed by atoms with Gasteiger partial charge in [0.1, 0.15) is 0 Å². The van der Waals surface area contributed by atoms with E-state index < -0.39 is 4.92 Å². The number of rotatable bonds is 4. The van der Waals surface area contributed by atoms with Crippen LogP contribution in [0.2, 0.25) is 5.02 Å². The number of aryl methyl sites for hydroxylation is 1. The highest BCUT2D eigenvalue weighted by Gasteiger charge is 2.16. The Balaban J connectivity index is 2.14. The zero-order valence-electron chi connectivity index (χ0n) is 11.5. The van der Waals surface area contributed by atoms with Gasteiger partial charge < -0.3 is 4.90 Å². The van der Waals surface area contributed by atoms with Gasteiger partial charge in [-0.3, -0.25) is 19.6 Å². The standard InChI is InChI=1S/C13H13ClN4O3/c1-16(8-12-11(14)7-15-17(12)2)13(19)9-3-5-10(6-4-9)18(20)21/h3-7H,8H2,1-2H3. The van der Waals surface area contributed by atoms with Crippen LogP contribution >= 0.6 is 11.6 Å². The first-order valence-corrected chi connectivity index (χ1v) is 6.44. The van der Waals surface area contributed by atoms with Gasteiger partial charge in [-0.2, -0.15) is 5.10 Å². The summed E-state index contributed by atoms with van der Waals surface area (Å²) in [6, 6.07) is 5.47. The van der Waals surface area contributed by atoms with Crippen LogP contribution in [0.4, 0.5) is 5.69 Å². The molecule has 0 saturated heterocycles. The summed E-state index contributed by atoms with van der Waals surface area (Å²) in [7, 11) is 3.37. The molecule has 0 spiro atoms. The fraction of sp³-hybridized carbons (Fsp3) is 0.231. The molecule has 0 atom stereocenters. The molecule has 0 unspecified atom stereocenters. The molecule has 110 valence electrons. The topological polar surface area (TPSA) is 81.3 Å². The first-order valence-electron chi connectivity index (χ1n) is 6.06. The Morgan fingerprint density at radius 3 is 2.52 bits per heavy atom. The number of aromatic nitrogens is 2. The van der Waals surface area contributed by atoms with E-state index in [-0.39, 0.29) is 11.6 Å². The average molecular weight is 309 g/mol. The highest BCUT2D eigenvalue weighted by molar-refractivity contribution is 6.31. The first kappa shape index (κ1) is 15.0. The molecule has 8 heteroatoms. The van der Waals surface area contributed by atoms with E-state index in [0.29, 0.717) is 17.1 Å². The maximum atomic E-state index is 12.3. The van der Waals surface area contributed by atoms with Gasteiger partial charge in [-0.15, -0.1) is 0 Å². The summed E-state index contributed by atoms with van der Waals surface area (Å²) in [4.78, 5) is 23.8. The first-order chi connectivity index (χ1) is 9.90. The predicted molar refractivity (Wildman–Crippen MR) is 77.1 cm³/mol. The zero-order valence-corrected chi connectivity index (χ0v) is 12.2. The minimum atomic E-state index is -0.507. The molecule has 7 nitrogen and oxygen atoms in total. The molecule has 0 aliphatic heterocycles. The maximum Gasteiger partial charge on any atom is 0.269 e. The molecule has 1 amide bonds. The van der Waals surface area contributed by atoms with Gasteiger partial charge in [0.05, 0.1) is 28.4 Å². The highest BCUT2D eigenvalue weighted by Crippen LogP contribution is 2.18. The second kappa shape index (κ2) is 5.92. The maximum absolute atomic E-state index is 12.3. The van der Waals surface area contributed by atoms with Crippen molar-refractivity contribution in [3.8, 4) is 0 Å². The van der Waals surface area contributed by atoms with Crippen LogP contribution in [0.1, 0.15) is 16.1 Å². The summed E-state index contributed by atoms with van der Waals surface area (Å²) in [5, 5.41) is 15.1. The number of carbonyl (C=O) groups is 1. The number of carbonyl (C=O) groups excluding carboxylic acids is 1. The van der Waals surface area contributed by atoms with Crippen LogP contribution < -0.4 is 0 Å². The van der Waals surface area contributed by atoms with E-state index >= 15 is 0 Å². The Labute approximate surface area is 125 Å². The largest absolute Gasteiger partial charge is 0.336 e. The number of non-ortho nitro benzene ring substituents is 1. The minimum absolute atomic E-state index is 0.0520. The van der Waals surface area contributed by atoms with Gasteiger partial charge in [-0.25, -0.2) is 0 Å². The summed E-state index contributed by atoms with van der Waals surface area (Å²) < 4.78 is 1.60. The van der Waals surface area contributed by atoms with Crippen molar-refractivity contribution in [2.45, 2.75) is 6.54 Å². The van der Waals surface area contributed by atoms with Crippen LogP contribution in [0.3, 0.4) is 0 Å². The molecule has 0 saturated carbocycles. The molecule has 0 radical (unpaired) electrons. The van der Waals surface area contributed by atoms with Crippen molar-refractivity contribution in [2.75, 3.05) is 7.05 Å². The molecule has 2 rings (SSSR count). The summed E-state index contributed by atoms with van der Waals surface area (Å²) >= 11 is 6.00. The van der Waals surface area contributed by atoms with Crippen molar-refractivity contribution < 1.29 is 9.72 Å². The van der Waals surface area contributed by atoms with Gasteiger partial charge in [0, 0.05) is 31.8 Å². The lowest BCUT2D eigenvalue weighted by molar-refractivity contribution is -0.384. The molecule has 0 N–H and O–H groups in total. The van der Waals surface area contributed by atoms with Crippen LogP contribution in [-0.2, 0) is 13.6 Å². The molecular weight excluding hydrogens is 296 g/mol. The smallest absolute Gasteiger partial charge is 0.269 e. The molecule has 0 aliphatic rings. The third-order valence-electron chi connectivity index (χ3n) is 3.07. The van der Waals surface area contributed by atoms with E-state index in [1.165, 1.54) is 35.4 Å². The van der Waals surface area contributed by atoms with Gasteiger partial charge in [-0.1, -0.05) is 11.6 Å². The van der Waals surface area contributed by atoms with Crippen LogP contribution in [-0.4, -0.2) is 32.6 Å². The van der Waals surface area contributed by atoms with Gasteiger partial charge in [0.25, 0.3) is 11.6 Å². The summed E-state index contributed by atoms with van der Waals surface area (Å²) in [6.45, 7) is 0.297. The van der Waals surface area contributed by atoms with Crippen LogP contribution in [0.15, 0.2) is 30.5 Å². The van der Waals surface area contributed by atoms with Crippen LogP contribution in [0.25, 0.3) is 0 Å². The van der Waals surface area contributed by atoms with E-state index in [4.69, 9.17) is 11.6 Å². The minimum Gasteiger partial charge on any atom is -0.336 e. The fourth-order valence-corrected chi connectivity index (χ4v) is 2.08. The third-order valence-corrected chi connectivity index (χ3v) is 3.39. The monoisotopic (exact) mass is 308 g/mol. The van der Waals surface area contributed by atoms with E-state index in [9.17, 15) is 14.9 Å². The summed E-state index contributed by atoms with van der Waals surface area (Å²) in [5.74, 6) is -0.248. The van der Waals surface area contributed by atoms with E-state index in [1.807, 2.05) is 0 Å². The Morgan fingerprint density at radius 2 is 2.05 bits per heavy atom. The number of nitro benzene ring substituents is 1. The number of halogens is 1. The van der Waals surface area contributed by atoms with Gasteiger partial charge in [0.15, 0.2) is 0 Å². The number of benzene rings is 1. The lowest BCUT2D eigenvalue weighted by Gasteiger charge is -2.17. The molecule has 2 aromatic rings. The zero-order chi connectivity index (χ0) is 15.6. The Kier molecular flexibility index (Phi) is 4.23. The van der Waals surface area contributed by atoms with Crippen LogP contribution in [0.5, 0.6) is 0 Å². The molecule has 0 fully saturated rings. The molecular formula is C13H13ClN4O3. The van der Waals surface area contributed by atoms with E-state index in [2.05, 4.69) is 5.10 Å². The number of nitrogens with zero attached hydrogens (tertiary/aromatic N) is 4. The quantitative estimate of drug-likeness (QED) is 0.641. The van der Waals surface area contributed by atoms with E-state index in [0.717, 1.165) is 5.69 Å². The van der Waals surface area contributed by atoms with Gasteiger partial charge in [0.2, 0.25) is 0 Å². The lowest BCUT2D eigenvalue weighted by atomic mass is 10.2. The molecule has 1 heterocycles. The summed E-state index contributed by atoms with van der Waals surface area (Å²) in [6.07, 6.45) is 1.51. The number of hydrogen-bond donors (Lipinski definition) is 0. The second-order valence-electron chi connectivity index (χ2n) is 4.53. The third kappa shape index (κ3) is 3.19. The van der Waals surface area contributed by atoms with Crippen LogP contribution in [0, 0.1) is 10.1 Å². The normalized spacial score (nSPS) is 10.4. The Hall–Kier alpha value is -2.41. The Morgan fingerprint density at radius 1 is 1.43 bits per heavy atom.